The first kappa shape index (κ1) is 15.5. The minimum Gasteiger partial charge on any atom is -0.493 e. The Hall–Kier alpha value is -0.370. The molecular formula is C16H20INO2S. The fourth-order valence-corrected chi connectivity index (χ4v) is 3.44. The van der Waals surface area contributed by atoms with Crippen LogP contribution in [0.4, 0.5) is 0 Å². The number of hydrogen-bond acceptors (Lipinski definition) is 4. The third-order valence-corrected chi connectivity index (χ3v) is 4.84. The highest BCUT2D eigenvalue weighted by atomic mass is 127. The Morgan fingerprint density at radius 1 is 1.29 bits per heavy atom. The van der Waals surface area contributed by atoms with Gasteiger partial charge in [-0.2, -0.15) is 0 Å². The highest BCUT2D eigenvalue weighted by Crippen LogP contribution is 2.32. The molecule has 1 heterocycles. The van der Waals surface area contributed by atoms with Crippen LogP contribution >= 0.6 is 33.9 Å². The lowest BCUT2D eigenvalue weighted by Crippen LogP contribution is -2.15. The van der Waals surface area contributed by atoms with Gasteiger partial charge in [-0.1, -0.05) is 22.6 Å². The average molecular weight is 417 g/mol. The molecule has 1 aliphatic rings. The van der Waals surface area contributed by atoms with Crippen molar-refractivity contribution >= 4 is 44.0 Å². The molecule has 114 valence electrons. The Kier molecular flexibility index (Phi) is 5.74. The van der Waals surface area contributed by atoms with Crippen LogP contribution in [-0.4, -0.2) is 23.9 Å². The molecule has 3 rings (SSSR count). The summed E-state index contributed by atoms with van der Waals surface area (Å²) in [6.45, 7) is 2.41. The van der Waals surface area contributed by atoms with Crippen molar-refractivity contribution < 1.29 is 9.47 Å². The van der Waals surface area contributed by atoms with Crippen LogP contribution in [0.1, 0.15) is 24.8 Å². The minimum atomic E-state index is 0.709. The Morgan fingerprint density at radius 2 is 2.19 bits per heavy atom. The van der Waals surface area contributed by atoms with Gasteiger partial charge in [0.05, 0.1) is 17.8 Å². The van der Waals surface area contributed by atoms with Crippen molar-refractivity contribution in [2.75, 3.05) is 17.8 Å². The molecule has 2 aromatic rings. The maximum absolute atomic E-state index is 5.98. The van der Waals surface area contributed by atoms with Crippen LogP contribution < -0.4 is 10.1 Å². The summed E-state index contributed by atoms with van der Waals surface area (Å²) in [5.41, 5.74) is 1.32. The third kappa shape index (κ3) is 4.55. The highest BCUT2D eigenvalue weighted by Gasteiger charge is 2.20. The van der Waals surface area contributed by atoms with Crippen molar-refractivity contribution in [2.45, 2.75) is 31.8 Å². The van der Waals surface area contributed by atoms with Crippen molar-refractivity contribution in [3.8, 4) is 5.75 Å². The molecule has 1 N–H and O–H groups in total. The van der Waals surface area contributed by atoms with Crippen molar-refractivity contribution in [3.05, 3.63) is 29.1 Å². The van der Waals surface area contributed by atoms with Crippen LogP contribution in [0, 0.1) is 0 Å². The predicted octanol–water partition coefficient (Wildman–Crippen LogP) is 4.33. The van der Waals surface area contributed by atoms with Gasteiger partial charge in [0.15, 0.2) is 0 Å². The molecular weight excluding hydrogens is 397 g/mol. The molecule has 3 nitrogen and oxygen atoms in total. The second kappa shape index (κ2) is 7.76. The van der Waals surface area contributed by atoms with E-state index in [4.69, 9.17) is 9.47 Å². The lowest BCUT2D eigenvalue weighted by molar-refractivity contribution is 0.166. The van der Waals surface area contributed by atoms with Crippen molar-refractivity contribution in [3.63, 3.8) is 0 Å². The number of benzene rings is 1. The molecule has 1 aromatic carbocycles. The quantitative estimate of drug-likeness (QED) is 0.374. The lowest BCUT2D eigenvalue weighted by Gasteiger charge is -2.10. The van der Waals surface area contributed by atoms with E-state index in [-0.39, 0.29) is 0 Å². The number of ether oxygens (including phenoxy) is 2. The number of halogens is 1. The summed E-state index contributed by atoms with van der Waals surface area (Å²) < 4.78 is 13.4. The monoisotopic (exact) mass is 417 g/mol. The molecule has 21 heavy (non-hydrogen) atoms. The number of fused-ring (bicyclic) bond motifs is 1. The summed E-state index contributed by atoms with van der Waals surface area (Å²) in [6.07, 6.45) is 3.57. The van der Waals surface area contributed by atoms with Gasteiger partial charge in [0, 0.05) is 29.1 Å². The largest absolute Gasteiger partial charge is 0.493 e. The zero-order chi connectivity index (χ0) is 14.5. The molecule has 1 aliphatic carbocycles. The minimum absolute atomic E-state index is 0.709. The van der Waals surface area contributed by atoms with Crippen LogP contribution in [-0.2, 0) is 11.3 Å². The molecule has 0 saturated heterocycles. The topological polar surface area (TPSA) is 30.5 Å². The standard InChI is InChI=1S/C16H20INO2S/c17-11-19-5-1-6-20-15-8-12(10-18-13-2-3-13)9-16-14(15)4-7-21-16/h4,7-9,13,18H,1-3,5-6,10-11H2. The summed E-state index contributed by atoms with van der Waals surface area (Å²) in [7, 11) is 0. The maximum atomic E-state index is 5.98. The van der Waals surface area contributed by atoms with Gasteiger partial charge < -0.3 is 14.8 Å². The molecule has 1 saturated carbocycles. The highest BCUT2D eigenvalue weighted by molar-refractivity contribution is 14.1. The summed E-state index contributed by atoms with van der Waals surface area (Å²) >= 11 is 4.00. The number of rotatable bonds is 9. The van der Waals surface area contributed by atoms with Crippen LogP contribution in [0.3, 0.4) is 0 Å². The Morgan fingerprint density at radius 3 is 3.00 bits per heavy atom. The van der Waals surface area contributed by atoms with Crippen molar-refractivity contribution in [1.82, 2.24) is 5.32 Å². The third-order valence-electron chi connectivity index (χ3n) is 3.53. The van der Waals surface area contributed by atoms with E-state index in [1.807, 2.05) is 0 Å². The van der Waals surface area contributed by atoms with E-state index in [1.165, 1.54) is 28.5 Å². The molecule has 1 aromatic heterocycles. The molecule has 0 aliphatic heterocycles. The first-order chi connectivity index (χ1) is 10.4. The number of hydrogen-bond donors (Lipinski definition) is 1. The zero-order valence-corrected chi connectivity index (χ0v) is 14.9. The van der Waals surface area contributed by atoms with Gasteiger partial charge in [0.1, 0.15) is 5.75 Å². The van der Waals surface area contributed by atoms with Crippen LogP contribution in [0.25, 0.3) is 10.1 Å². The van der Waals surface area contributed by atoms with E-state index in [0.717, 1.165) is 36.0 Å². The normalized spacial score (nSPS) is 14.7. The first-order valence-electron chi connectivity index (χ1n) is 7.37. The van der Waals surface area contributed by atoms with E-state index < -0.39 is 0 Å². The van der Waals surface area contributed by atoms with E-state index in [9.17, 15) is 0 Å². The summed E-state index contributed by atoms with van der Waals surface area (Å²) in [4.78, 5) is 0. The van der Waals surface area contributed by atoms with Gasteiger partial charge in [0.2, 0.25) is 0 Å². The van der Waals surface area contributed by atoms with Gasteiger partial charge in [-0.05, 0) is 42.0 Å². The molecule has 1 fully saturated rings. The lowest BCUT2D eigenvalue weighted by atomic mass is 10.1. The van der Waals surface area contributed by atoms with E-state index in [1.54, 1.807) is 11.3 Å². The smallest absolute Gasteiger partial charge is 0.128 e. The molecule has 0 atom stereocenters. The van der Waals surface area contributed by atoms with Gasteiger partial charge in [0.25, 0.3) is 0 Å². The van der Waals surface area contributed by atoms with Gasteiger partial charge in [-0.15, -0.1) is 11.3 Å². The van der Waals surface area contributed by atoms with Crippen molar-refractivity contribution in [2.24, 2.45) is 0 Å². The summed E-state index contributed by atoms with van der Waals surface area (Å²) in [5, 5.41) is 6.93. The second-order valence-corrected chi connectivity index (χ2v) is 6.87. The molecule has 0 unspecified atom stereocenters. The first-order valence-corrected chi connectivity index (χ1v) is 9.77. The van der Waals surface area contributed by atoms with Crippen LogP contribution in [0.15, 0.2) is 23.6 Å². The Labute approximate surface area is 143 Å². The number of nitrogens with one attached hydrogen (secondary N) is 1. The molecule has 0 radical (unpaired) electrons. The fraction of sp³-hybridized carbons (Fsp3) is 0.500. The Balaban J connectivity index is 1.64. The van der Waals surface area contributed by atoms with Gasteiger partial charge in [-0.3, -0.25) is 0 Å². The van der Waals surface area contributed by atoms with Gasteiger partial charge in [-0.25, -0.2) is 0 Å². The second-order valence-electron chi connectivity index (χ2n) is 5.30. The van der Waals surface area contributed by atoms with E-state index in [0.29, 0.717) is 6.61 Å². The number of thiophene rings is 1. The summed E-state index contributed by atoms with van der Waals surface area (Å²) in [5.74, 6) is 1.01. The fourth-order valence-electron chi connectivity index (χ4n) is 2.26. The molecule has 0 bridgehead atoms. The summed E-state index contributed by atoms with van der Waals surface area (Å²) in [6, 6.07) is 7.35. The van der Waals surface area contributed by atoms with Gasteiger partial charge >= 0.3 is 0 Å². The molecule has 0 amide bonds. The van der Waals surface area contributed by atoms with Crippen molar-refractivity contribution in [1.29, 1.82) is 0 Å². The maximum Gasteiger partial charge on any atom is 0.128 e. The molecule has 0 spiro atoms. The Bertz CT molecular complexity index is 583. The molecule has 5 heteroatoms. The van der Waals surface area contributed by atoms with E-state index in [2.05, 4.69) is 51.5 Å². The van der Waals surface area contributed by atoms with E-state index >= 15 is 0 Å². The predicted molar refractivity (Wildman–Crippen MR) is 96.6 cm³/mol. The number of alkyl halides is 1. The zero-order valence-electron chi connectivity index (χ0n) is 11.9. The van der Waals surface area contributed by atoms with Crippen LogP contribution in [0.5, 0.6) is 5.75 Å². The SMILES string of the molecule is ICOCCCOc1cc(CNC2CC2)cc2sccc12. The average Bonchev–Trinajstić information content (AvgIpc) is 3.20. The van der Waals surface area contributed by atoms with Crippen LogP contribution in [0.2, 0.25) is 0 Å².